The number of halogens is 3. The van der Waals surface area contributed by atoms with Crippen molar-refractivity contribution in [3.05, 3.63) is 53.1 Å². The molecule has 44 heavy (non-hydrogen) atoms. The molecule has 4 aliphatic heterocycles. The number of carbonyl (C=O) groups excluding carboxylic acids is 1. The van der Waals surface area contributed by atoms with Gasteiger partial charge in [-0.15, -0.1) is 13.2 Å². The summed E-state index contributed by atoms with van der Waals surface area (Å²) in [6, 6.07) is 6.76. The van der Waals surface area contributed by atoms with Crippen molar-refractivity contribution in [3.63, 3.8) is 0 Å². The third kappa shape index (κ3) is 7.35. The predicted molar refractivity (Wildman–Crippen MR) is 154 cm³/mol. The Labute approximate surface area is 256 Å². The molecule has 0 unspecified atom stereocenters. The quantitative estimate of drug-likeness (QED) is 0.428. The molecular formula is C32H41F3N4O5. The topological polar surface area (TPSA) is 86.2 Å². The highest BCUT2D eigenvalue weighted by atomic mass is 19.4. The fourth-order valence-electron chi connectivity index (χ4n) is 7.21. The standard InChI is InChI=1S/C32H41F3N4O5/c1-21-26(10-9-24-3-2-4-28(43-24)22-5-7-25(8-6-22)44-32(33,34)35)36-20-37-30(21)31(40)38-14-11-23(12-15-38)39-16-18-42-29-19-41-17-13-27(29)39/h5-8,20,23-24,27-29H,2-4,9-19H2,1H3/t24-,27-,28+,29-/m1/s1. The number of fused-ring (bicyclic) bond motifs is 1. The van der Waals surface area contributed by atoms with E-state index in [1.54, 1.807) is 12.1 Å². The number of benzene rings is 1. The average Bonchev–Trinajstić information content (AvgIpc) is 3.03. The maximum Gasteiger partial charge on any atom is 0.573 e. The Bertz CT molecular complexity index is 1270. The molecule has 12 heteroatoms. The number of likely N-dealkylation sites (tertiary alicyclic amines) is 1. The maximum atomic E-state index is 13.6. The second kappa shape index (κ2) is 13.7. The van der Waals surface area contributed by atoms with Crippen LogP contribution in [0.15, 0.2) is 30.6 Å². The monoisotopic (exact) mass is 618 g/mol. The molecular weight excluding hydrogens is 577 g/mol. The van der Waals surface area contributed by atoms with Crippen molar-refractivity contribution in [2.24, 2.45) is 0 Å². The highest BCUT2D eigenvalue weighted by Crippen LogP contribution is 2.35. The molecule has 6 rings (SSSR count). The van der Waals surface area contributed by atoms with Crippen LogP contribution in [0.2, 0.25) is 0 Å². The van der Waals surface area contributed by atoms with Gasteiger partial charge in [-0.2, -0.15) is 0 Å². The highest BCUT2D eigenvalue weighted by Gasteiger charge is 2.40. The van der Waals surface area contributed by atoms with Crippen LogP contribution in [0.1, 0.15) is 78.4 Å². The molecule has 1 aromatic heterocycles. The number of nitrogens with zero attached hydrogens (tertiary/aromatic N) is 4. The number of morpholine rings is 1. The lowest BCUT2D eigenvalue weighted by Crippen LogP contribution is -2.60. The van der Waals surface area contributed by atoms with E-state index in [2.05, 4.69) is 19.6 Å². The van der Waals surface area contributed by atoms with E-state index in [9.17, 15) is 18.0 Å². The van der Waals surface area contributed by atoms with Crippen molar-refractivity contribution >= 4 is 5.91 Å². The van der Waals surface area contributed by atoms with Gasteiger partial charge in [0.15, 0.2) is 0 Å². The van der Waals surface area contributed by atoms with E-state index < -0.39 is 6.36 Å². The summed E-state index contributed by atoms with van der Waals surface area (Å²) in [5.74, 6) is -0.282. The highest BCUT2D eigenvalue weighted by molar-refractivity contribution is 5.93. The molecule has 4 fully saturated rings. The predicted octanol–water partition coefficient (Wildman–Crippen LogP) is 5.02. The van der Waals surface area contributed by atoms with E-state index in [0.717, 1.165) is 81.5 Å². The first-order valence-corrected chi connectivity index (χ1v) is 15.8. The van der Waals surface area contributed by atoms with Gasteiger partial charge in [-0.3, -0.25) is 9.69 Å². The van der Waals surface area contributed by atoms with Crippen LogP contribution in [0.3, 0.4) is 0 Å². The number of hydrogen-bond donors (Lipinski definition) is 0. The Morgan fingerprint density at radius 3 is 2.59 bits per heavy atom. The number of aromatic nitrogens is 2. The summed E-state index contributed by atoms with van der Waals surface area (Å²) in [5.41, 5.74) is 2.95. The van der Waals surface area contributed by atoms with E-state index >= 15 is 0 Å². The Morgan fingerprint density at radius 2 is 1.82 bits per heavy atom. The van der Waals surface area contributed by atoms with Crippen LogP contribution in [0.25, 0.3) is 0 Å². The summed E-state index contributed by atoms with van der Waals surface area (Å²) in [7, 11) is 0. The molecule has 0 N–H and O–H groups in total. The van der Waals surface area contributed by atoms with Crippen molar-refractivity contribution < 1.29 is 36.9 Å². The van der Waals surface area contributed by atoms with Crippen LogP contribution < -0.4 is 4.74 Å². The fourth-order valence-corrected chi connectivity index (χ4v) is 7.21. The lowest BCUT2D eigenvalue weighted by molar-refractivity contribution is -0.274. The van der Waals surface area contributed by atoms with Crippen molar-refractivity contribution in [3.8, 4) is 5.75 Å². The third-order valence-electron chi connectivity index (χ3n) is 9.53. The van der Waals surface area contributed by atoms with Crippen molar-refractivity contribution in [1.82, 2.24) is 19.8 Å². The SMILES string of the molecule is Cc1c(CC[C@H]2CCC[C@@H](c3ccc(OC(F)(F)F)cc3)O2)ncnc1C(=O)N1CCC(N2CCO[C@@H]3COCC[C@H]32)CC1. The zero-order valence-corrected chi connectivity index (χ0v) is 25.1. The minimum atomic E-state index is -4.72. The summed E-state index contributed by atoms with van der Waals surface area (Å²) < 4.78 is 59.4. The third-order valence-corrected chi connectivity index (χ3v) is 9.53. The van der Waals surface area contributed by atoms with E-state index in [0.29, 0.717) is 43.9 Å². The minimum absolute atomic E-state index is 0.0112. The summed E-state index contributed by atoms with van der Waals surface area (Å²) in [6.45, 7) is 6.43. The second-order valence-electron chi connectivity index (χ2n) is 12.2. The van der Waals surface area contributed by atoms with Gasteiger partial charge in [0, 0.05) is 49.6 Å². The van der Waals surface area contributed by atoms with E-state index in [1.807, 2.05) is 11.8 Å². The second-order valence-corrected chi connectivity index (χ2v) is 12.2. The number of hydrogen-bond acceptors (Lipinski definition) is 8. The van der Waals surface area contributed by atoms with Gasteiger partial charge in [-0.1, -0.05) is 12.1 Å². The molecule has 0 spiro atoms. The fraction of sp³-hybridized carbons (Fsp3) is 0.656. The van der Waals surface area contributed by atoms with E-state index in [1.165, 1.54) is 18.5 Å². The molecule has 0 radical (unpaired) electrons. The number of amides is 1. The number of aryl methyl sites for hydroxylation is 1. The molecule has 4 atom stereocenters. The first-order valence-electron chi connectivity index (χ1n) is 15.8. The Kier molecular flexibility index (Phi) is 9.70. The molecule has 1 aromatic carbocycles. The van der Waals surface area contributed by atoms with Crippen LogP contribution in [0.5, 0.6) is 5.75 Å². The first kappa shape index (κ1) is 31.2. The normalized spacial score (nSPS) is 27.1. The molecule has 9 nitrogen and oxygen atoms in total. The largest absolute Gasteiger partial charge is 0.573 e. The van der Waals surface area contributed by atoms with Gasteiger partial charge >= 0.3 is 6.36 Å². The smallest absolute Gasteiger partial charge is 0.406 e. The number of ether oxygens (including phenoxy) is 4. The van der Waals surface area contributed by atoms with Crippen LogP contribution in [-0.2, 0) is 20.6 Å². The van der Waals surface area contributed by atoms with Crippen LogP contribution in [0.4, 0.5) is 13.2 Å². The molecule has 4 aliphatic rings. The van der Waals surface area contributed by atoms with E-state index in [-0.39, 0.29) is 30.0 Å². The zero-order valence-electron chi connectivity index (χ0n) is 25.1. The van der Waals surface area contributed by atoms with Gasteiger partial charge in [0.2, 0.25) is 0 Å². The van der Waals surface area contributed by atoms with Crippen molar-refractivity contribution in [1.29, 1.82) is 0 Å². The van der Waals surface area contributed by atoms with Gasteiger partial charge < -0.3 is 23.8 Å². The molecule has 1 amide bonds. The molecule has 240 valence electrons. The number of alkyl halides is 3. The van der Waals surface area contributed by atoms with Gasteiger partial charge in [-0.25, -0.2) is 9.97 Å². The Morgan fingerprint density at radius 1 is 1.02 bits per heavy atom. The minimum Gasteiger partial charge on any atom is -0.406 e. The maximum absolute atomic E-state index is 13.6. The summed E-state index contributed by atoms with van der Waals surface area (Å²) in [6.07, 6.45) is 3.62. The molecule has 0 saturated carbocycles. The van der Waals surface area contributed by atoms with Gasteiger partial charge in [0.1, 0.15) is 17.8 Å². The van der Waals surface area contributed by atoms with Gasteiger partial charge in [0.25, 0.3) is 5.91 Å². The lowest BCUT2D eigenvalue weighted by atomic mass is 9.94. The number of carbonyl (C=O) groups is 1. The van der Waals surface area contributed by atoms with Crippen molar-refractivity contribution in [2.75, 3.05) is 39.5 Å². The van der Waals surface area contributed by atoms with Crippen LogP contribution >= 0.6 is 0 Å². The molecule has 0 bridgehead atoms. The van der Waals surface area contributed by atoms with Crippen LogP contribution in [0, 0.1) is 6.92 Å². The summed E-state index contributed by atoms with van der Waals surface area (Å²) >= 11 is 0. The Balaban J connectivity index is 1.02. The van der Waals surface area contributed by atoms with E-state index in [4.69, 9.17) is 14.2 Å². The molecule has 5 heterocycles. The Hall–Kier alpha value is -2.80. The number of piperidine rings is 1. The molecule has 2 aromatic rings. The summed E-state index contributed by atoms with van der Waals surface area (Å²) in [4.78, 5) is 27.0. The first-order chi connectivity index (χ1) is 21.2. The zero-order chi connectivity index (χ0) is 30.7. The average molecular weight is 619 g/mol. The summed E-state index contributed by atoms with van der Waals surface area (Å²) in [5, 5.41) is 0. The lowest BCUT2D eigenvalue weighted by Gasteiger charge is -2.49. The van der Waals surface area contributed by atoms with Gasteiger partial charge in [-0.05, 0) is 76.0 Å². The van der Waals surface area contributed by atoms with Gasteiger partial charge in [0.05, 0.1) is 31.5 Å². The number of rotatable bonds is 7. The van der Waals surface area contributed by atoms with Crippen molar-refractivity contribution in [2.45, 2.75) is 95.0 Å². The molecule has 0 aliphatic carbocycles. The van der Waals surface area contributed by atoms with Crippen LogP contribution in [-0.4, -0.2) is 95.8 Å². The molecule has 4 saturated heterocycles.